The first-order valence-electron chi connectivity index (χ1n) is 12.4. The molecule has 0 spiro atoms. The zero-order valence-corrected chi connectivity index (χ0v) is 21.0. The van der Waals surface area contributed by atoms with Crippen molar-refractivity contribution in [3.8, 4) is 5.75 Å². The highest BCUT2D eigenvalue weighted by Gasteiger charge is 2.37. The SMILES string of the molecule is CCOc1cc(N2CCC(O)CC2)ccc1C1(N)N=C(Nc2ccccc2C(=O)OC)c2[nH]ccc2N1. The number of aromatic nitrogens is 1. The summed E-state index contributed by atoms with van der Waals surface area (Å²) in [4.78, 5) is 22.6. The van der Waals surface area contributed by atoms with Gasteiger partial charge < -0.3 is 35.1 Å². The fraction of sp³-hybridized carbons (Fsp3) is 0.333. The van der Waals surface area contributed by atoms with Gasteiger partial charge >= 0.3 is 5.97 Å². The molecule has 2 aliphatic heterocycles. The summed E-state index contributed by atoms with van der Waals surface area (Å²) in [7, 11) is 1.35. The van der Waals surface area contributed by atoms with Gasteiger partial charge in [-0.1, -0.05) is 12.1 Å². The molecule has 2 aliphatic rings. The minimum atomic E-state index is -1.35. The third kappa shape index (κ3) is 4.85. The first-order chi connectivity index (χ1) is 17.9. The van der Waals surface area contributed by atoms with Crippen LogP contribution in [0.2, 0.25) is 0 Å². The summed E-state index contributed by atoms with van der Waals surface area (Å²) in [5.74, 6) is -0.714. The van der Waals surface area contributed by atoms with E-state index in [9.17, 15) is 9.90 Å². The Morgan fingerprint density at radius 2 is 2.03 bits per heavy atom. The minimum Gasteiger partial charge on any atom is -0.493 e. The summed E-state index contributed by atoms with van der Waals surface area (Å²) in [5.41, 5.74) is 11.0. The molecule has 0 radical (unpaired) electrons. The van der Waals surface area contributed by atoms with Crippen molar-refractivity contribution < 1.29 is 19.4 Å². The number of nitrogens with zero attached hydrogens (tertiary/aromatic N) is 2. The van der Waals surface area contributed by atoms with Gasteiger partial charge in [-0.05, 0) is 50.1 Å². The molecule has 10 heteroatoms. The highest BCUT2D eigenvalue weighted by atomic mass is 16.5. The number of nitrogens with one attached hydrogen (secondary N) is 3. The van der Waals surface area contributed by atoms with Crippen LogP contribution in [0.3, 0.4) is 0 Å². The van der Waals surface area contributed by atoms with Gasteiger partial charge in [0.15, 0.2) is 5.84 Å². The van der Waals surface area contributed by atoms with Gasteiger partial charge in [0.1, 0.15) is 11.4 Å². The number of aliphatic hydroxyl groups is 1. The van der Waals surface area contributed by atoms with Gasteiger partial charge in [-0.25, -0.2) is 9.79 Å². The smallest absolute Gasteiger partial charge is 0.339 e. The number of aromatic amines is 1. The zero-order valence-electron chi connectivity index (χ0n) is 21.0. The molecule has 0 saturated carbocycles. The predicted octanol–water partition coefficient (Wildman–Crippen LogP) is 3.21. The summed E-state index contributed by atoms with van der Waals surface area (Å²) in [6, 6.07) is 14.9. The van der Waals surface area contributed by atoms with E-state index in [0.29, 0.717) is 40.7 Å². The molecule has 0 bridgehead atoms. The van der Waals surface area contributed by atoms with Crippen molar-refractivity contribution in [2.45, 2.75) is 31.7 Å². The van der Waals surface area contributed by atoms with Crippen LogP contribution in [-0.2, 0) is 10.5 Å². The van der Waals surface area contributed by atoms with E-state index in [-0.39, 0.29) is 6.10 Å². The second-order valence-electron chi connectivity index (χ2n) is 9.11. The topological polar surface area (TPSA) is 137 Å². The van der Waals surface area contributed by atoms with Gasteiger partial charge in [0.05, 0.1) is 42.3 Å². The van der Waals surface area contributed by atoms with Crippen LogP contribution in [-0.4, -0.2) is 54.8 Å². The third-order valence-electron chi connectivity index (χ3n) is 6.69. The average molecular weight is 505 g/mol. The Morgan fingerprint density at radius 1 is 1.24 bits per heavy atom. The quantitative estimate of drug-likeness (QED) is 0.323. The Hall–Kier alpha value is -4.02. The summed E-state index contributed by atoms with van der Waals surface area (Å²) in [6.07, 6.45) is 3.01. The number of piperidine rings is 1. The van der Waals surface area contributed by atoms with E-state index < -0.39 is 11.8 Å². The monoisotopic (exact) mass is 504 g/mol. The van der Waals surface area contributed by atoms with Crippen molar-refractivity contribution in [3.05, 3.63) is 71.5 Å². The van der Waals surface area contributed by atoms with Crippen molar-refractivity contribution >= 4 is 28.9 Å². The molecule has 194 valence electrons. The molecule has 10 nitrogen and oxygen atoms in total. The summed E-state index contributed by atoms with van der Waals surface area (Å²) in [6.45, 7) is 3.94. The molecule has 1 aromatic heterocycles. The lowest BCUT2D eigenvalue weighted by Crippen LogP contribution is -2.47. The van der Waals surface area contributed by atoms with E-state index in [1.54, 1.807) is 24.4 Å². The fourth-order valence-corrected chi connectivity index (χ4v) is 4.78. The van der Waals surface area contributed by atoms with Crippen LogP contribution in [0.1, 0.15) is 41.4 Å². The number of aliphatic imine (C=N–C) groups is 1. The number of aliphatic hydroxyl groups excluding tert-OH is 1. The number of esters is 1. The number of carbonyl (C=O) groups is 1. The second-order valence-corrected chi connectivity index (χ2v) is 9.11. The molecule has 37 heavy (non-hydrogen) atoms. The van der Waals surface area contributed by atoms with Gasteiger partial charge in [-0.15, -0.1) is 0 Å². The van der Waals surface area contributed by atoms with Crippen LogP contribution in [0.5, 0.6) is 5.75 Å². The molecular weight excluding hydrogens is 472 g/mol. The Labute approximate surface area is 215 Å². The minimum absolute atomic E-state index is 0.249. The number of H-pyrrole nitrogens is 1. The lowest BCUT2D eigenvalue weighted by Gasteiger charge is -2.35. The van der Waals surface area contributed by atoms with Crippen LogP contribution in [0.15, 0.2) is 59.7 Å². The molecule has 0 aliphatic carbocycles. The first-order valence-corrected chi connectivity index (χ1v) is 12.4. The number of benzene rings is 2. The number of carbonyl (C=O) groups excluding carboxylic acids is 1. The van der Waals surface area contributed by atoms with Crippen molar-refractivity contribution in [2.24, 2.45) is 10.7 Å². The maximum absolute atomic E-state index is 12.3. The molecular formula is C27H32N6O4. The van der Waals surface area contributed by atoms with Gasteiger partial charge in [0.25, 0.3) is 0 Å². The molecule has 5 rings (SSSR count). The number of methoxy groups -OCH3 is 1. The molecule has 3 aromatic rings. The molecule has 3 heterocycles. The highest BCUT2D eigenvalue weighted by molar-refractivity contribution is 6.13. The van der Waals surface area contributed by atoms with Crippen LogP contribution in [0, 0.1) is 0 Å². The summed E-state index contributed by atoms with van der Waals surface area (Å²) < 4.78 is 11.0. The van der Waals surface area contributed by atoms with Gasteiger partial charge in [0, 0.05) is 31.0 Å². The van der Waals surface area contributed by atoms with Gasteiger partial charge in [-0.2, -0.15) is 0 Å². The Kier molecular flexibility index (Phi) is 6.77. The number of amidine groups is 1. The highest BCUT2D eigenvalue weighted by Crippen LogP contribution is 2.38. The van der Waals surface area contributed by atoms with E-state index in [1.807, 2.05) is 37.3 Å². The molecule has 1 fully saturated rings. The first kappa shape index (κ1) is 24.7. The summed E-state index contributed by atoms with van der Waals surface area (Å²) in [5, 5.41) is 16.5. The van der Waals surface area contributed by atoms with Crippen LogP contribution in [0.25, 0.3) is 0 Å². The number of hydrogen-bond donors (Lipinski definition) is 5. The lowest BCUT2D eigenvalue weighted by molar-refractivity contribution is 0.0602. The van der Waals surface area contributed by atoms with E-state index in [4.69, 9.17) is 20.2 Å². The number of anilines is 3. The number of rotatable bonds is 6. The number of ether oxygens (including phenoxy) is 2. The van der Waals surface area contributed by atoms with E-state index in [2.05, 4.69) is 20.5 Å². The third-order valence-corrected chi connectivity index (χ3v) is 6.69. The van der Waals surface area contributed by atoms with E-state index in [0.717, 1.165) is 37.3 Å². The molecule has 1 unspecified atom stereocenters. The van der Waals surface area contributed by atoms with Crippen LogP contribution >= 0.6 is 0 Å². The number of para-hydroxylation sites is 1. The molecule has 1 atom stereocenters. The fourth-order valence-electron chi connectivity index (χ4n) is 4.78. The van der Waals surface area contributed by atoms with Gasteiger partial charge in [-0.3, -0.25) is 5.73 Å². The van der Waals surface area contributed by atoms with E-state index >= 15 is 0 Å². The van der Waals surface area contributed by atoms with E-state index in [1.165, 1.54) is 7.11 Å². The number of fused-ring (bicyclic) bond motifs is 1. The molecule has 1 saturated heterocycles. The Morgan fingerprint density at radius 3 is 2.78 bits per heavy atom. The maximum Gasteiger partial charge on any atom is 0.339 e. The van der Waals surface area contributed by atoms with Crippen molar-refractivity contribution in [3.63, 3.8) is 0 Å². The average Bonchev–Trinajstić information content (AvgIpc) is 3.37. The molecule has 6 N–H and O–H groups in total. The standard InChI is InChI=1S/C27H32N6O4/c1-3-37-23-16-17(33-14-11-18(34)12-15-33)8-9-20(23)27(28)31-22-10-13-29-24(22)25(32-27)30-21-7-5-4-6-19(21)26(35)36-2/h4-10,13,16,18,29,31,34H,3,11-12,14-15,28H2,1-2H3,(H,30,32). The van der Waals surface area contributed by atoms with Gasteiger partial charge in [0.2, 0.25) is 5.79 Å². The number of hydrogen-bond acceptors (Lipinski definition) is 9. The molecule has 0 amide bonds. The van der Waals surface area contributed by atoms with Crippen molar-refractivity contribution in [1.29, 1.82) is 0 Å². The largest absolute Gasteiger partial charge is 0.493 e. The van der Waals surface area contributed by atoms with Crippen LogP contribution < -0.4 is 26.0 Å². The second kappa shape index (κ2) is 10.2. The lowest BCUT2D eigenvalue weighted by atomic mass is 10.0. The van der Waals surface area contributed by atoms with Crippen molar-refractivity contribution in [2.75, 3.05) is 42.3 Å². The predicted molar refractivity (Wildman–Crippen MR) is 143 cm³/mol. The normalized spacial score (nSPS) is 19.5. The maximum atomic E-state index is 12.3. The van der Waals surface area contributed by atoms with Crippen LogP contribution in [0.4, 0.5) is 17.1 Å². The number of nitrogens with two attached hydrogens (primary N) is 1. The summed E-state index contributed by atoms with van der Waals surface area (Å²) >= 11 is 0. The Balaban J connectivity index is 1.53. The molecule has 2 aromatic carbocycles. The van der Waals surface area contributed by atoms with Crippen molar-refractivity contribution in [1.82, 2.24) is 4.98 Å². The Bertz CT molecular complexity index is 1310. The zero-order chi connectivity index (χ0) is 26.0.